The van der Waals surface area contributed by atoms with Crippen molar-refractivity contribution in [2.75, 3.05) is 6.16 Å². The molecule has 0 aliphatic heterocycles. The van der Waals surface area contributed by atoms with Crippen molar-refractivity contribution in [1.29, 1.82) is 0 Å². The Morgan fingerprint density at radius 3 is 1.48 bits per heavy atom. The van der Waals surface area contributed by atoms with Crippen molar-refractivity contribution in [3.05, 3.63) is 113 Å². The van der Waals surface area contributed by atoms with Crippen LogP contribution < -0.4 is 15.9 Å². The minimum absolute atomic E-state index is 0.249. The molecule has 0 radical (unpaired) electrons. The number of hydrogen-bond acceptors (Lipinski definition) is 3. The summed E-state index contributed by atoms with van der Waals surface area (Å²) in [4.78, 5) is 0. The van der Waals surface area contributed by atoms with E-state index in [1.807, 2.05) is 27.7 Å². The molecule has 0 bridgehead atoms. The molecule has 224 valence electrons. The van der Waals surface area contributed by atoms with Crippen molar-refractivity contribution in [3.63, 3.8) is 0 Å². The van der Waals surface area contributed by atoms with Gasteiger partial charge in [0.1, 0.15) is 5.75 Å². The van der Waals surface area contributed by atoms with Crippen molar-refractivity contribution in [1.82, 2.24) is 0 Å². The fourth-order valence-corrected chi connectivity index (χ4v) is 11.5. The molecule has 0 spiro atoms. The Kier molecular flexibility index (Phi) is 10.9. The van der Waals surface area contributed by atoms with Gasteiger partial charge in [0.15, 0.2) is 0 Å². The topological polar surface area (TPSA) is 60.7 Å². The normalized spacial score (nSPS) is 13.5. The van der Waals surface area contributed by atoms with Crippen molar-refractivity contribution < 1.29 is 15.3 Å². The summed E-state index contributed by atoms with van der Waals surface area (Å²) in [5, 5.41) is 36.6. The summed E-state index contributed by atoms with van der Waals surface area (Å²) in [5.41, 5.74) is 2.10. The summed E-state index contributed by atoms with van der Waals surface area (Å²) in [6.45, 7) is 7.40. The summed E-state index contributed by atoms with van der Waals surface area (Å²) >= 11 is 0. The number of hydrogen-bond donors (Lipinski definition) is 3. The second kappa shape index (κ2) is 14.4. The predicted molar refractivity (Wildman–Crippen MR) is 182 cm³/mol. The summed E-state index contributed by atoms with van der Waals surface area (Å²) < 4.78 is 0. The van der Waals surface area contributed by atoms with E-state index in [4.69, 9.17) is 0 Å². The standard InChI is InChI=1S/C38H49O3P/c1-29-30(2)37(40)35(31(3)36(29)39)25-27-38(4,41)26-17-6-5-7-18-28-42(32-19-11-8-12-20-32,33-21-13-9-14-22-33)34-23-15-10-16-24-34/h8-16,19-24,39-42H,5-7,17-18,25-28H2,1-4H3. The van der Waals surface area contributed by atoms with Crippen molar-refractivity contribution in [3.8, 4) is 11.5 Å². The Balaban J connectivity index is 1.34. The maximum atomic E-state index is 11.1. The molecular formula is C38H49O3P. The average Bonchev–Trinajstić information content (AvgIpc) is 3.02. The van der Waals surface area contributed by atoms with E-state index >= 15 is 0 Å². The third-order valence-corrected chi connectivity index (χ3v) is 14.4. The molecule has 3 nitrogen and oxygen atoms in total. The van der Waals surface area contributed by atoms with E-state index in [0.29, 0.717) is 24.0 Å². The van der Waals surface area contributed by atoms with Crippen LogP contribution in [0.25, 0.3) is 0 Å². The third kappa shape index (κ3) is 7.25. The van der Waals surface area contributed by atoms with E-state index in [1.165, 1.54) is 34.9 Å². The second-order valence-electron chi connectivity index (χ2n) is 12.3. The van der Waals surface area contributed by atoms with E-state index in [1.54, 1.807) is 0 Å². The van der Waals surface area contributed by atoms with E-state index in [0.717, 1.165) is 36.8 Å². The summed E-state index contributed by atoms with van der Waals surface area (Å²) in [5.74, 6) is 0.499. The van der Waals surface area contributed by atoms with Crippen molar-refractivity contribution >= 4 is 23.2 Å². The van der Waals surface area contributed by atoms with Gasteiger partial charge in [-0.2, -0.15) is 0 Å². The number of phenols is 2. The first-order chi connectivity index (χ1) is 20.2. The van der Waals surface area contributed by atoms with E-state index in [2.05, 4.69) is 91.0 Å². The van der Waals surface area contributed by atoms with Crippen LogP contribution in [0.15, 0.2) is 91.0 Å². The molecule has 0 fully saturated rings. The zero-order valence-electron chi connectivity index (χ0n) is 25.9. The van der Waals surface area contributed by atoms with Gasteiger partial charge < -0.3 is 10.2 Å². The monoisotopic (exact) mass is 584 g/mol. The van der Waals surface area contributed by atoms with Gasteiger partial charge in [-0.1, -0.05) is 0 Å². The summed E-state index contributed by atoms with van der Waals surface area (Å²) in [6, 6.07) is 33.4. The molecule has 4 aromatic carbocycles. The number of rotatable bonds is 14. The molecule has 1 atom stereocenters. The summed E-state index contributed by atoms with van der Waals surface area (Å²) in [6.07, 6.45) is 8.61. The SMILES string of the molecule is Cc1c(C)c(O)c(CCC(C)(O)CCCCCCC[PH](c2ccccc2)(c2ccccc2)c2ccccc2)c(C)c1O. The van der Waals surface area contributed by atoms with Crippen LogP contribution in [0.3, 0.4) is 0 Å². The molecule has 42 heavy (non-hydrogen) atoms. The maximum absolute atomic E-state index is 11.1. The van der Waals surface area contributed by atoms with Crippen molar-refractivity contribution in [2.24, 2.45) is 0 Å². The Morgan fingerprint density at radius 2 is 0.976 bits per heavy atom. The third-order valence-electron chi connectivity index (χ3n) is 9.35. The first kappa shape index (κ1) is 31.8. The Bertz CT molecular complexity index is 1290. The van der Waals surface area contributed by atoms with Crippen LogP contribution >= 0.6 is 7.26 Å². The van der Waals surface area contributed by atoms with Gasteiger partial charge in [-0.25, -0.2) is 0 Å². The second-order valence-corrected chi connectivity index (χ2v) is 16.4. The Hall–Kier alpha value is -3.13. The quantitative estimate of drug-likeness (QED) is 0.0806. The zero-order valence-corrected chi connectivity index (χ0v) is 26.9. The van der Waals surface area contributed by atoms with Gasteiger partial charge in [-0.15, -0.1) is 0 Å². The smallest absolute Gasteiger partial charge is 0.507 e. The minimum Gasteiger partial charge on any atom is -0.507 e. The van der Waals surface area contributed by atoms with E-state index in [-0.39, 0.29) is 11.5 Å². The van der Waals surface area contributed by atoms with Gasteiger partial charge in [0.05, 0.1) is 0 Å². The molecule has 3 N–H and O–H groups in total. The fraction of sp³-hybridized carbons (Fsp3) is 0.368. The van der Waals surface area contributed by atoms with Crippen LogP contribution in [0.1, 0.15) is 74.1 Å². The average molecular weight is 585 g/mol. The predicted octanol–water partition coefficient (Wildman–Crippen LogP) is 7.77. The fourth-order valence-electron chi connectivity index (χ4n) is 6.54. The number of unbranched alkanes of at least 4 members (excludes halogenated alkanes) is 4. The first-order valence-electron chi connectivity index (χ1n) is 15.6. The van der Waals surface area contributed by atoms with Crippen LogP contribution in [0.4, 0.5) is 0 Å². The van der Waals surface area contributed by atoms with Gasteiger partial charge in [0.2, 0.25) is 0 Å². The van der Waals surface area contributed by atoms with Gasteiger partial charge in [0, 0.05) is 0 Å². The van der Waals surface area contributed by atoms with E-state index < -0.39 is 12.9 Å². The van der Waals surface area contributed by atoms with Gasteiger partial charge in [0.25, 0.3) is 0 Å². The van der Waals surface area contributed by atoms with Crippen LogP contribution in [-0.4, -0.2) is 27.1 Å². The number of phenolic OH excluding ortho intramolecular Hbond substituents is 2. The number of benzene rings is 4. The van der Waals surface area contributed by atoms with Gasteiger partial charge >= 0.3 is 206 Å². The first-order valence-corrected chi connectivity index (χ1v) is 17.8. The molecule has 0 saturated heterocycles. The van der Waals surface area contributed by atoms with Crippen LogP contribution in [-0.2, 0) is 6.42 Å². The number of aliphatic hydroxyl groups is 1. The molecule has 0 heterocycles. The Labute approximate surface area is 253 Å². The molecule has 0 saturated carbocycles. The van der Waals surface area contributed by atoms with Crippen LogP contribution in [0.2, 0.25) is 0 Å². The van der Waals surface area contributed by atoms with Crippen molar-refractivity contribution in [2.45, 2.75) is 84.7 Å². The molecule has 4 rings (SSSR count). The number of aromatic hydroxyl groups is 2. The molecule has 4 aromatic rings. The molecule has 1 unspecified atom stereocenters. The molecule has 0 aromatic heterocycles. The molecule has 0 amide bonds. The summed E-state index contributed by atoms with van der Waals surface area (Å²) in [7, 11) is -2.16. The van der Waals surface area contributed by atoms with Gasteiger partial charge in [-0.05, 0) is 31.9 Å². The minimum atomic E-state index is -2.16. The molecule has 4 heteroatoms. The molecule has 0 aliphatic carbocycles. The molecular weight excluding hydrogens is 535 g/mol. The van der Waals surface area contributed by atoms with Crippen LogP contribution in [0.5, 0.6) is 11.5 Å². The Morgan fingerprint density at radius 1 is 0.548 bits per heavy atom. The van der Waals surface area contributed by atoms with E-state index in [9.17, 15) is 15.3 Å². The molecule has 0 aliphatic rings. The van der Waals surface area contributed by atoms with Gasteiger partial charge in [-0.3, -0.25) is 0 Å². The zero-order chi connectivity index (χ0) is 30.2. The van der Waals surface area contributed by atoms with Crippen LogP contribution in [0, 0.1) is 20.8 Å².